The van der Waals surface area contributed by atoms with Crippen LogP contribution in [0.15, 0.2) is 36.5 Å². The monoisotopic (exact) mass is 364 g/mol. The third-order valence-corrected chi connectivity index (χ3v) is 4.72. The number of rotatable bonds is 3. The molecule has 0 unspecified atom stereocenters. The van der Waals surface area contributed by atoms with E-state index in [0.717, 1.165) is 37.6 Å². The van der Waals surface area contributed by atoms with E-state index in [1.165, 1.54) is 0 Å². The van der Waals surface area contributed by atoms with Crippen molar-refractivity contribution in [2.24, 2.45) is 0 Å². The van der Waals surface area contributed by atoms with Gasteiger partial charge in [0, 0.05) is 31.9 Å². The van der Waals surface area contributed by atoms with Gasteiger partial charge in [-0.15, -0.1) is 0 Å². The first-order valence-corrected chi connectivity index (χ1v) is 8.44. The first-order valence-electron chi connectivity index (χ1n) is 7.69. The summed E-state index contributed by atoms with van der Waals surface area (Å²) >= 11 is 11.9. The first-order chi connectivity index (χ1) is 11.5. The topological polar surface area (TPSA) is 48.5 Å². The molecular formula is C17H18Cl2N4O. The summed E-state index contributed by atoms with van der Waals surface area (Å²) in [5, 5.41) is 4.18. The molecule has 0 saturated carbocycles. The van der Waals surface area contributed by atoms with Crippen molar-refractivity contribution < 1.29 is 4.79 Å². The Bertz CT molecular complexity index is 728. The second-order valence-corrected chi connectivity index (χ2v) is 6.60. The van der Waals surface area contributed by atoms with Crippen LogP contribution in [0.4, 0.5) is 11.4 Å². The molecule has 1 aliphatic heterocycles. The largest absolute Gasteiger partial charge is 0.354 e. The first kappa shape index (κ1) is 17.0. The smallest absolute Gasteiger partial charge is 0.272 e. The number of amides is 1. The van der Waals surface area contributed by atoms with E-state index in [0.29, 0.717) is 15.7 Å². The maximum atomic E-state index is 12.5. The SMILES string of the molecule is CN1CCN(C(=O)c2ccc(Nc3ccc(Cl)c(Cl)c3)cn2)CC1. The Morgan fingerprint density at radius 2 is 1.75 bits per heavy atom. The van der Waals surface area contributed by atoms with Crippen LogP contribution in [0.5, 0.6) is 0 Å². The number of aromatic nitrogens is 1. The number of hydrogen-bond donors (Lipinski definition) is 1. The maximum absolute atomic E-state index is 12.5. The lowest BCUT2D eigenvalue weighted by atomic mass is 10.2. The van der Waals surface area contributed by atoms with E-state index in [-0.39, 0.29) is 5.91 Å². The Morgan fingerprint density at radius 3 is 2.38 bits per heavy atom. The zero-order chi connectivity index (χ0) is 17.1. The summed E-state index contributed by atoms with van der Waals surface area (Å²) in [6.45, 7) is 3.26. The van der Waals surface area contributed by atoms with E-state index >= 15 is 0 Å². The molecule has 1 aromatic heterocycles. The molecule has 0 bridgehead atoms. The van der Waals surface area contributed by atoms with Gasteiger partial charge in [-0.2, -0.15) is 0 Å². The van der Waals surface area contributed by atoms with Gasteiger partial charge in [0.15, 0.2) is 0 Å². The second-order valence-electron chi connectivity index (χ2n) is 5.78. The average Bonchev–Trinajstić information content (AvgIpc) is 2.59. The lowest BCUT2D eigenvalue weighted by Gasteiger charge is -2.32. The third kappa shape index (κ3) is 3.98. The van der Waals surface area contributed by atoms with Crippen LogP contribution in [0, 0.1) is 0 Å². The molecular weight excluding hydrogens is 347 g/mol. The maximum Gasteiger partial charge on any atom is 0.272 e. The lowest BCUT2D eigenvalue weighted by Crippen LogP contribution is -2.47. The summed E-state index contributed by atoms with van der Waals surface area (Å²) < 4.78 is 0. The van der Waals surface area contributed by atoms with Gasteiger partial charge < -0.3 is 15.1 Å². The van der Waals surface area contributed by atoms with Crippen molar-refractivity contribution in [2.75, 3.05) is 38.5 Å². The minimum atomic E-state index is -0.0239. The van der Waals surface area contributed by atoms with Gasteiger partial charge in [0.2, 0.25) is 0 Å². The standard InChI is InChI=1S/C17H18Cl2N4O/c1-22-6-8-23(9-7-22)17(24)16-5-3-13(11-20-16)21-12-2-4-14(18)15(19)10-12/h2-5,10-11,21H,6-9H2,1H3. The van der Waals surface area contributed by atoms with E-state index in [4.69, 9.17) is 23.2 Å². The number of halogens is 2. The van der Waals surface area contributed by atoms with Crippen LogP contribution in [0.2, 0.25) is 10.0 Å². The van der Waals surface area contributed by atoms with Crippen LogP contribution < -0.4 is 5.32 Å². The Hall–Kier alpha value is -1.82. The molecule has 2 heterocycles. The van der Waals surface area contributed by atoms with Crippen LogP contribution in [0.3, 0.4) is 0 Å². The molecule has 24 heavy (non-hydrogen) atoms. The highest BCUT2D eigenvalue weighted by atomic mass is 35.5. The van der Waals surface area contributed by atoms with Crippen LogP contribution in [-0.2, 0) is 0 Å². The predicted molar refractivity (Wildman–Crippen MR) is 97.4 cm³/mol. The van der Waals surface area contributed by atoms with Crippen molar-refractivity contribution in [3.05, 3.63) is 52.3 Å². The summed E-state index contributed by atoms with van der Waals surface area (Å²) in [4.78, 5) is 20.8. The van der Waals surface area contributed by atoms with Gasteiger partial charge in [0.25, 0.3) is 5.91 Å². The molecule has 0 aliphatic carbocycles. The Morgan fingerprint density at radius 1 is 1.04 bits per heavy atom. The van der Waals surface area contributed by atoms with Gasteiger partial charge in [-0.25, -0.2) is 4.98 Å². The molecule has 1 saturated heterocycles. The van der Waals surface area contributed by atoms with Crippen molar-refractivity contribution in [2.45, 2.75) is 0 Å². The zero-order valence-electron chi connectivity index (χ0n) is 13.3. The molecule has 3 rings (SSSR count). The van der Waals surface area contributed by atoms with E-state index in [1.807, 2.05) is 17.0 Å². The normalized spacial score (nSPS) is 15.4. The van der Waals surface area contributed by atoms with Crippen molar-refractivity contribution in [1.82, 2.24) is 14.8 Å². The number of likely N-dealkylation sites (N-methyl/N-ethyl adjacent to an activating group) is 1. The number of piperazine rings is 1. The number of anilines is 2. The molecule has 7 heteroatoms. The highest BCUT2D eigenvalue weighted by Crippen LogP contribution is 2.26. The Labute approximate surface area is 151 Å². The molecule has 1 amide bonds. The van der Waals surface area contributed by atoms with Gasteiger partial charge in [-0.3, -0.25) is 4.79 Å². The van der Waals surface area contributed by atoms with Crippen molar-refractivity contribution in [3.63, 3.8) is 0 Å². The molecule has 2 aromatic rings. The lowest BCUT2D eigenvalue weighted by molar-refractivity contribution is 0.0658. The Balaban J connectivity index is 1.66. The summed E-state index contributed by atoms with van der Waals surface area (Å²) in [5.74, 6) is -0.0239. The predicted octanol–water partition coefficient (Wildman–Crippen LogP) is 3.52. The number of hydrogen-bond acceptors (Lipinski definition) is 4. The van der Waals surface area contributed by atoms with Crippen molar-refractivity contribution in [3.8, 4) is 0 Å². The highest BCUT2D eigenvalue weighted by Gasteiger charge is 2.21. The summed E-state index contributed by atoms with van der Waals surface area (Å²) in [5.41, 5.74) is 2.05. The van der Waals surface area contributed by atoms with Gasteiger partial charge in [0.1, 0.15) is 5.69 Å². The Kier molecular flexibility index (Phi) is 5.23. The summed E-state index contributed by atoms with van der Waals surface area (Å²) in [7, 11) is 2.06. The van der Waals surface area contributed by atoms with Crippen LogP contribution >= 0.6 is 23.2 Å². The van der Waals surface area contributed by atoms with Gasteiger partial charge in [-0.05, 0) is 37.4 Å². The molecule has 0 radical (unpaired) electrons. The molecule has 1 aliphatic rings. The van der Waals surface area contributed by atoms with E-state index < -0.39 is 0 Å². The number of pyridine rings is 1. The average molecular weight is 365 g/mol. The van der Waals surface area contributed by atoms with Crippen molar-refractivity contribution in [1.29, 1.82) is 0 Å². The summed E-state index contributed by atoms with van der Waals surface area (Å²) in [6, 6.07) is 8.87. The van der Waals surface area contributed by atoms with E-state index in [1.54, 1.807) is 24.4 Å². The van der Waals surface area contributed by atoms with Crippen LogP contribution in [0.1, 0.15) is 10.5 Å². The van der Waals surface area contributed by atoms with Crippen LogP contribution in [-0.4, -0.2) is 53.9 Å². The van der Waals surface area contributed by atoms with Crippen LogP contribution in [0.25, 0.3) is 0 Å². The second kappa shape index (κ2) is 7.38. The van der Waals surface area contributed by atoms with E-state index in [9.17, 15) is 4.79 Å². The summed E-state index contributed by atoms with van der Waals surface area (Å²) in [6.07, 6.45) is 1.64. The number of carbonyl (C=O) groups excluding carboxylic acids is 1. The fraction of sp³-hybridized carbons (Fsp3) is 0.294. The fourth-order valence-corrected chi connectivity index (χ4v) is 2.80. The van der Waals surface area contributed by atoms with Gasteiger partial charge in [-0.1, -0.05) is 23.2 Å². The number of benzene rings is 1. The molecule has 1 aromatic carbocycles. The quantitative estimate of drug-likeness (QED) is 0.904. The zero-order valence-corrected chi connectivity index (χ0v) is 14.8. The van der Waals surface area contributed by atoms with E-state index in [2.05, 4.69) is 22.2 Å². The molecule has 1 fully saturated rings. The molecule has 5 nitrogen and oxygen atoms in total. The van der Waals surface area contributed by atoms with Crippen molar-refractivity contribution >= 4 is 40.5 Å². The molecule has 126 valence electrons. The minimum Gasteiger partial charge on any atom is -0.354 e. The van der Waals surface area contributed by atoms with Gasteiger partial charge >= 0.3 is 0 Å². The molecule has 0 spiro atoms. The number of carbonyl (C=O) groups is 1. The minimum absolute atomic E-state index is 0.0239. The number of nitrogens with one attached hydrogen (secondary N) is 1. The highest BCUT2D eigenvalue weighted by molar-refractivity contribution is 6.42. The molecule has 0 atom stereocenters. The fourth-order valence-electron chi connectivity index (χ4n) is 2.51. The third-order valence-electron chi connectivity index (χ3n) is 3.98. The number of nitrogens with zero attached hydrogens (tertiary/aromatic N) is 3. The molecule has 1 N–H and O–H groups in total. The van der Waals surface area contributed by atoms with Gasteiger partial charge in [0.05, 0.1) is 21.9 Å².